The molecule has 0 aromatic rings. The van der Waals surface area contributed by atoms with E-state index in [1.807, 2.05) is 6.92 Å². The Bertz CT molecular complexity index is 175. The first-order valence-corrected chi connectivity index (χ1v) is 10.6. The van der Waals surface area contributed by atoms with E-state index in [1.165, 1.54) is 25.7 Å². The summed E-state index contributed by atoms with van der Waals surface area (Å²) in [5, 5.41) is 7.91. The second kappa shape index (κ2) is 14.3. The summed E-state index contributed by atoms with van der Waals surface area (Å²) in [5.41, 5.74) is 0. The molecule has 0 fully saturated rings. The van der Waals surface area contributed by atoms with Gasteiger partial charge in [0, 0.05) is 13.7 Å². The second-order valence-electron chi connectivity index (χ2n) is 5.38. The highest BCUT2D eigenvalue weighted by Gasteiger charge is 2.32. The minimum absolute atomic E-state index is 0.292. The van der Waals surface area contributed by atoms with Gasteiger partial charge >= 0.3 is 5.97 Å². The molecular weight excluding hydrogens is 255 g/mol. The third kappa shape index (κ3) is 12.7. The Hall–Kier alpha value is -0.100. The summed E-state index contributed by atoms with van der Waals surface area (Å²) in [7, 11) is -0.496. The van der Waals surface area contributed by atoms with Crippen molar-refractivity contribution in [2.45, 2.75) is 73.1 Å². The van der Waals surface area contributed by atoms with E-state index < -0.39 is 13.2 Å². The standard InChI is InChI=1S/C12H28P.C4H8O2/c1-5-9-13(10-6-2,11-7-3)12-8-4;1-2-3-4(5)6/h5-12H2,1-4H3;2-3H2,1H3,(H,5,6)/q+1;. The van der Waals surface area contributed by atoms with Crippen molar-refractivity contribution in [3.05, 3.63) is 0 Å². The summed E-state index contributed by atoms with van der Waals surface area (Å²) in [5.74, 6) is -0.711. The molecule has 116 valence electrons. The number of aliphatic carboxylic acids is 1. The molecule has 0 aromatic carbocycles. The van der Waals surface area contributed by atoms with E-state index in [9.17, 15) is 4.79 Å². The summed E-state index contributed by atoms with van der Waals surface area (Å²) in [4.78, 5) is 9.60. The first-order chi connectivity index (χ1) is 9.01. The number of carbonyl (C=O) groups is 1. The van der Waals surface area contributed by atoms with E-state index in [0.717, 1.165) is 6.42 Å². The molecule has 0 aliphatic rings. The first-order valence-electron chi connectivity index (χ1n) is 8.08. The maximum Gasteiger partial charge on any atom is 0.303 e. The van der Waals surface area contributed by atoms with Crippen LogP contribution in [0.4, 0.5) is 0 Å². The van der Waals surface area contributed by atoms with Gasteiger partial charge in [-0.2, -0.15) is 0 Å². The molecule has 0 aromatic heterocycles. The van der Waals surface area contributed by atoms with Crippen molar-refractivity contribution >= 4 is 13.2 Å². The molecule has 19 heavy (non-hydrogen) atoms. The van der Waals surface area contributed by atoms with Gasteiger partial charge in [-0.05, 0) is 32.1 Å². The lowest BCUT2D eigenvalue weighted by Crippen LogP contribution is -2.10. The SMILES string of the molecule is CCCC(=O)O.CCC[P+](CCC)(CCC)CCC. The van der Waals surface area contributed by atoms with Gasteiger partial charge in [-0.15, -0.1) is 0 Å². The molecule has 0 heterocycles. The number of hydrogen-bond acceptors (Lipinski definition) is 1. The van der Waals surface area contributed by atoms with Crippen molar-refractivity contribution in [1.29, 1.82) is 0 Å². The highest BCUT2D eigenvalue weighted by Crippen LogP contribution is 2.60. The fraction of sp³-hybridized carbons (Fsp3) is 0.938. The summed E-state index contributed by atoms with van der Waals surface area (Å²) in [6.07, 6.45) is 12.9. The van der Waals surface area contributed by atoms with E-state index in [2.05, 4.69) is 27.7 Å². The largest absolute Gasteiger partial charge is 0.481 e. The van der Waals surface area contributed by atoms with Crippen LogP contribution in [-0.4, -0.2) is 35.7 Å². The Morgan fingerprint density at radius 1 is 0.737 bits per heavy atom. The quantitative estimate of drug-likeness (QED) is 0.538. The average Bonchev–Trinajstić information content (AvgIpc) is 2.31. The van der Waals surface area contributed by atoms with E-state index in [-0.39, 0.29) is 0 Å². The lowest BCUT2D eigenvalue weighted by molar-refractivity contribution is -0.137. The van der Waals surface area contributed by atoms with Crippen molar-refractivity contribution in [2.75, 3.05) is 24.6 Å². The maximum absolute atomic E-state index is 9.60. The Labute approximate surface area is 121 Å². The Balaban J connectivity index is 0. The fourth-order valence-corrected chi connectivity index (χ4v) is 7.92. The normalized spacial score (nSPS) is 10.8. The zero-order valence-corrected chi connectivity index (χ0v) is 14.8. The van der Waals surface area contributed by atoms with Gasteiger partial charge in [-0.25, -0.2) is 0 Å². The molecule has 0 saturated carbocycles. The molecule has 0 radical (unpaired) electrons. The predicted octanol–water partition coefficient (Wildman–Crippen LogP) is 5.52. The average molecular weight is 291 g/mol. The van der Waals surface area contributed by atoms with Crippen LogP contribution in [0.2, 0.25) is 0 Å². The van der Waals surface area contributed by atoms with Crippen LogP contribution in [0.3, 0.4) is 0 Å². The van der Waals surface area contributed by atoms with Crippen LogP contribution >= 0.6 is 7.26 Å². The molecule has 0 rings (SSSR count). The van der Waals surface area contributed by atoms with Gasteiger partial charge < -0.3 is 5.11 Å². The number of rotatable bonds is 10. The Kier molecular flexibility index (Phi) is 16.0. The third-order valence-corrected chi connectivity index (χ3v) is 8.84. The lowest BCUT2D eigenvalue weighted by Gasteiger charge is -2.26. The zero-order valence-electron chi connectivity index (χ0n) is 13.9. The van der Waals surface area contributed by atoms with E-state index in [1.54, 1.807) is 24.6 Å². The highest BCUT2D eigenvalue weighted by molar-refractivity contribution is 7.75. The molecular formula is C16H36O2P+. The van der Waals surface area contributed by atoms with Crippen LogP contribution < -0.4 is 0 Å². The van der Waals surface area contributed by atoms with Gasteiger partial charge in [0.15, 0.2) is 0 Å². The second-order valence-corrected chi connectivity index (χ2v) is 9.85. The van der Waals surface area contributed by atoms with Crippen LogP contribution in [-0.2, 0) is 4.79 Å². The summed E-state index contributed by atoms with van der Waals surface area (Å²) < 4.78 is 0. The van der Waals surface area contributed by atoms with Crippen molar-refractivity contribution in [3.8, 4) is 0 Å². The summed E-state index contributed by atoms with van der Waals surface area (Å²) in [6.45, 7) is 11.3. The van der Waals surface area contributed by atoms with Crippen molar-refractivity contribution in [1.82, 2.24) is 0 Å². The van der Waals surface area contributed by atoms with Crippen molar-refractivity contribution in [3.63, 3.8) is 0 Å². The maximum atomic E-state index is 9.60. The van der Waals surface area contributed by atoms with E-state index in [0.29, 0.717) is 6.42 Å². The predicted molar refractivity (Wildman–Crippen MR) is 90.1 cm³/mol. The smallest absolute Gasteiger partial charge is 0.303 e. The fourth-order valence-electron chi connectivity index (χ4n) is 2.78. The Morgan fingerprint density at radius 2 is 1.05 bits per heavy atom. The van der Waals surface area contributed by atoms with E-state index >= 15 is 0 Å². The van der Waals surface area contributed by atoms with Crippen LogP contribution in [0.5, 0.6) is 0 Å². The van der Waals surface area contributed by atoms with Crippen molar-refractivity contribution < 1.29 is 9.90 Å². The molecule has 2 nitrogen and oxygen atoms in total. The van der Waals surface area contributed by atoms with Gasteiger partial charge in [0.2, 0.25) is 0 Å². The van der Waals surface area contributed by atoms with Gasteiger partial charge in [0.05, 0.1) is 24.6 Å². The molecule has 3 heteroatoms. The molecule has 0 atom stereocenters. The van der Waals surface area contributed by atoms with Gasteiger partial charge in [0.1, 0.15) is 0 Å². The molecule has 0 spiro atoms. The topological polar surface area (TPSA) is 37.3 Å². The monoisotopic (exact) mass is 291 g/mol. The van der Waals surface area contributed by atoms with Gasteiger partial charge in [-0.1, -0.05) is 34.6 Å². The van der Waals surface area contributed by atoms with Crippen molar-refractivity contribution in [2.24, 2.45) is 0 Å². The van der Waals surface area contributed by atoms with Gasteiger partial charge in [-0.3, -0.25) is 4.79 Å². The third-order valence-electron chi connectivity index (χ3n) is 3.26. The number of carboxylic acid groups (broad SMARTS) is 1. The summed E-state index contributed by atoms with van der Waals surface area (Å²) >= 11 is 0. The summed E-state index contributed by atoms with van der Waals surface area (Å²) in [6, 6.07) is 0. The highest BCUT2D eigenvalue weighted by atomic mass is 31.2. The first kappa shape index (κ1) is 21.2. The molecule has 1 N–H and O–H groups in total. The van der Waals surface area contributed by atoms with Crippen LogP contribution in [0.15, 0.2) is 0 Å². The zero-order chi connectivity index (χ0) is 15.1. The van der Waals surface area contributed by atoms with Crippen LogP contribution in [0.25, 0.3) is 0 Å². The van der Waals surface area contributed by atoms with E-state index in [4.69, 9.17) is 5.11 Å². The molecule has 0 aliphatic heterocycles. The molecule has 0 amide bonds. The minimum Gasteiger partial charge on any atom is -0.481 e. The molecule has 0 saturated heterocycles. The minimum atomic E-state index is -0.711. The van der Waals surface area contributed by atoms with Crippen LogP contribution in [0.1, 0.15) is 73.1 Å². The molecule has 0 unspecified atom stereocenters. The number of hydrogen-bond donors (Lipinski definition) is 1. The lowest BCUT2D eigenvalue weighted by atomic mass is 10.4. The molecule has 0 bridgehead atoms. The molecule has 0 aliphatic carbocycles. The number of carboxylic acids is 1. The van der Waals surface area contributed by atoms with Crippen LogP contribution in [0, 0.1) is 0 Å². The van der Waals surface area contributed by atoms with Gasteiger partial charge in [0.25, 0.3) is 0 Å². The Morgan fingerprint density at radius 3 is 1.16 bits per heavy atom.